The van der Waals surface area contributed by atoms with Gasteiger partial charge in [-0.05, 0) is 66.2 Å². The van der Waals surface area contributed by atoms with Gasteiger partial charge in [0.1, 0.15) is 11.6 Å². The Balaban J connectivity index is 3.56. The van der Waals surface area contributed by atoms with E-state index < -0.39 is 38.9 Å². The number of ether oxygens (including phenoxy) is 1. The molecule has 11 nitrogen and oxygen atoms in total. The fraction of sp³-hybridized carbons (Fsp3) is 0.636. The second kappa shape index (κ2) is 13.5. The monoisotopic (exact) mass is 537 g/mol. The van der Waals surface area contributed by atoms with Crippen molar-refractivity contribution in [1.29, 1.82) is 0 Å². The van der Waals surface area contributed by atoms with E-state index in [0.717, 1.165) is 0 Å². The van der Waals surface area contributed by atoms with Gasteiger partial charge in [-0.1, -0.05) is 6.07 Å². The summed E-state index contributed by atoms with van der Waals surface area (Å²) < 4.78 is 54.2. The summed E-state index contributed by atoms with van der Waals surface area (Å²) >= 11 is 0. The standard InChI is InChI=1S/C22H37NO10P2/c1-8-29-34(27,30-9-2)18-13-12-16(15-19(18)35(28,31-10-3)32-11-4)14-17(20(24)25)23-21(26)33-22(5,6)7/h12-13,15,17H,8-11,14H2,1-7H3,(H,23,26)(H,24,25)/t17-/m0/s1. The summed E-state index contributed by atoms with van der Waals surface area (Å²) in [6, 6.07) is 2.93. The maximum absolute atomic E-state index is 13.7. The van der Waals surface area contributed by atoms with E-state index in [1.165, 1.54) is 18.2 Å². The smallest absolute Gasteiger partial charge is 0.408 e. The molecule has 1 aromatic rings. The van der Waals surface area contributed by atoms with Crippen molar-refractivity contribution < 1.29 is 46.7 Å². The molecule has 13 heteroatoms. The normalized spacial score (nSPS) is 13.3. The van der Waals surface area contributed by atoms with E-state index in [4.69, 9.17) is 22.8 Å². The van der Waals surface area contributed by atoms with Crippen molar-refractivity contribution in [2.45, 2.75) is 66.5 Å². The van der Waals surface area contributed by atoms with Crippen LogP contribution >= 0.6 is 15.2 Å². The number of carboxylic acid groups (broad SMARTS) is 1. The summed E-state index contributed by atoms with van der Waals surface area (Å²) in [5, 5.41) is 11.9. The molecule has 1 aromatic carbocycles. The van der Waals surface area contributed by atoms with Crippen LogP contribution in [-0.2, 0) is 43.2 Å². The van der Waals surface area contributed by atoms with Gasteiger partial charge in [-0.15, -0.1) is 0 Å². The predicted molar refractivity (Wildman–Crippen MR) is 132 cm³/mol. The molecule has 0 unspecified atom stereocenters. The minimum atomic E-state index is -3.99. The van der Waals surface area contributed by atoms with Gasteiger partial charge in [0.2, 0.25) is 0 Å². The Morgan fingerprint density at radius 1 is 0.886 bits per heavy atom. The van der Waals surface area contributed by atoms with Crippen molar-refractivity contribution in [2.75, 3.05) is 26.4 Å². The quantitative estimate of drug-likeness (QED) is 0.334. The van der Waals surface area contributed by atoms with Crippen LogP contribution in [0.25, 0.3) is 0 Å². The first-order valence-corrected chi connectivity index (χ1v) is 14.5. The van der Waals surface area contributed by atoms with Crippen LogP contribution in [0.4, 0.5) is 4.79 Å². The molecule has 2 N–H and O–H groups in total. The Morgan fingerprint density at radius 2 is 1.34 bits per heavy atom. The Hall–Kier alpha value is -1.74. The summed E-state index contributed by atoms with van der Waals surface area (Å²) in [6.45, 7) is 11.7. The average Bonchev–Trinajstić information content (AvgIpc) is 2.72. The van der Waals surface area contributed by atoms with Gasteiger partial charge in [0.25, 0.3) is 0 Å². The van der Waals surface area contributed by atoms with Crippen LogP contribution < -0.4 is 15.9 Å². The number of benzene rings is 1. The van der Waals surface area contributed by atoms with Crippen molar-refractivity contribution in [1.82, 2.24) is 5.32 Å². The Morgan fingerprint density at radius 3 is 1.74 bits per heavy atom. The molecule has 0 fully saturated rings. The molecule has 0 aromatic heterocycles. The van der Waals surface area contributed by atoms with Gasteiger partial charge >= 0.3 is 27.3 Å². The molecule has 0 saturated heterocycles. The lowest BCUT2D eigenvalue weighted by Crippen LogP contribution is -2.44. The molecular formula is C22H37NO10P2. The fourth-order valence-corrected chi connectivity index (χ4v) is 7.15. The van der Waals surface area contributed by atoms with Gasteiger partial charge in [0.15, 0.2) is 0 Å². The number of hydrogen-bond acceptors (Lipinski definition) is 9. The average molecular weight is 537 g/mol. The van der Waals surface area contributed by atoms with Gasteiger partial charge in [0.05, 0.1) is 37.0 Å². The number of aliphatic carboxylic acids is 1. The predicted octanol–water partition coefficient (Wildman–Crippen LogP) is 3.99. The van der Waals surface area contributed by atoms with Crippen LogP contribution in [0.1, 0.15) is 54.0 Å². The molecule has 0 bridgehead atoms. The second-order valence-electron chi connectivity index (χ2n) is 8.23. The van der Waals surface area contributed by atoms with E-state index in [2.05, 4.69) is 5.32 Å². The highest BCUT2D eigenvalue weighted by Gasteiger charge is 2.39. The number of carbonyl (C=O) groups is 2. The molecule has 0 heterocycles. The third-order valence-corrected chi connectivity index (χ3v) is 8.76. The first kappa shape index (κ1) is 31.3. The molecule has 1 atom stereocenters. The number of alkyl carbamates (subject to hydrolysis) is 1. The third-order valence-electron chi connectivity index (χ3n) is 4.26. The number of hydrogen-bond donors (Lipinski definition) is 2. The van der Waals surface area contributed by atoms with E-state index in [0.29, 0.717) is 5.56 Å². The van der Waals surface area contributed by atoms with E-state index in [1.54, 1.807) is 48.5 Å². The molecule has 1 amide bonds. The highest BCUT2D eigenvalue weighted by molar-refractivity contribution is 7.68. The van der Waals surface area contributed by atoms with Crippen molar-refractivity contribution in [3.05, 3.63) is 23.8 Å². The van der Waals surface area contributed by atoms with Gasteiger partial charge in [-0.25, -0.2) is 9.59 Å². The Bertz CT molecular complexity index is 940. The summed E-state index contributed by atoms with van der Waals surface area (Å²) in [4.78, 5) is 24.0. The molecule has 1 rings (SSSR count). The fourth-order valence-electron chi connectivity index (χ4n) is 3.07. The zero-order valence-electron chi connectivity index (χ0n) is 21.4. The van der Waals surface area contributed by atoms with Crippen molar-refractivity contribution >= 4 is 37.9 Å². The van der Waals surface area contributed by atoms with Crippen LogP contribution in [0.2, 0.25) is 0 Å². The minimum Gasteiger partial charge on any atom is -0.480 e. The lowest BCUT2D eigenvalue weighted by atomic mass is 10.1. The van der Waals surface area contributed by atoms with Crippen LogP contribution in [-0.4, -0.2) is 55.2 Å². The van der Waals surface area contributed by atoms with E-state index >= 15 is 0 Å². The lowest BCUT2D eigenvalue weighted by Gasteiger charge is -2.25. The second-order valence-corrected chi connectivity index (χ2v) is 12.2. The zero-order valence-corrected chi connectivity index (χ0v) is 23.1. The number of nitrogens with one attached hydrogen (secondary N) is 1. The molecule has 200 valence electrons. The number of amides is 1. The highest BCUT2D eigenvalue weighted by Crippen LogP contribution is 2.53. The van der Waals surface area contributed by atoms with Crippen molar-refractivity contribution in [3.63, 3.8) is 0 Å². The third kappa shape index (κ3) is 9.33. The summed E-state index contributed by atoms with van der Waals surface area (Å²) in [7, 11) is -7.90. The summed E-state index contributed by atoms with van der Waals surface area (Å²) in [6.07, 6.45) is -1.08. The zero-order chi connectivity index (χ0) is 26.9. The van der Waals surface area contributed by atoms with Crippen LogP contribution in [0.15, 0.2) is 18.2 Å². The number of rotatable bonds is 14. The number of carbonyl (C=O) groups excluding carboxylic acids is 1. The highest BCUT2D eigenvalue weighted by atomic mass is 31.2. The molecule has 0 saturated carbocycles. The van der Waals surface area contributed by atoms with Gasteiger partial charge in [-0.3, -0.25) is 9.13 Å². The Labute approximate surface area is 206 Å². The van der Waals surface area contributed by atoms with Gasteiger partial charge < -0.3 is 33.3 Å². The molecule has 0 aliphatic rings. The number of carboxylic acids is 1. The van der Waals surface area contributed by atoms with E-state index in [9.17, 15) is 23.8 Å². The topological polar surface area (TPSA) is 147 Å². The van der Waals surface area contributed by atoms with Crippen molar-refractivity contribution in [2.24, 2.45) is 0 Å². The maximum atomic E-state index is 13.7. The molecule has 0 radical (unpaired) electrons. The summed E-state index contributed by atoms with van der Waals surface area (Å²) in [5.74, 6) is -1.30. The Kier molecular flexibility index (Phi) is 12.1. The SMILES string of the molecule is CCOP(=O)(OCC)c1ccc(C[C@H](NC(=O)OC(C)(C)C)C(=O)O)cc1P(=O)(OCC)OCC. The van der Waals surface area contributed by atoms with Gasteiger partial charge in [0, 0.05) is 6.42 Å². The van der Waals surface area contributed by atoms with Gasteiger partial charge in [-0.2, -0.15) is 0 Å². The first-order valence-electron chi connectivity index (χ1n) is 11.4. The van der Waals surface area contributed by atoms with E-state index in [-0.39, 0.29) is 43.5 Å². The van der Waals surface area contributed by atoms with Crippen molar-refractivity contribution in [3.8, 4) is 0 Å². The minimum absolute atomic E-state index is 0.00200. The van der Waals surface area contributed by atoms with Crippen LogP contribution in [0.3, 0.4) is 0 Å². The summed E-state index contributed by atoms with van der Waals surface area (Å²) in [5.41, 5.74) is -0.449. The molecule has 0 aliphatic carbocycles. The molecular weight excluding hydrogens is 500 g/mol. The van der Waals surface area contributed by atoms with Crippen LogP contribution in [0.5, 0.6) is 0 Å². The largest absolute Gasteiger partial charge is 0.480 e. The molecule has 0 spiro atoms. The first-order chi connectivity index (χ1) is 16.2. The maximum Gasteiger partial charge on any atom is 0.408 e. The molecule has 35 heavy (non-hydrogen) atoms. The molecule has 0 aliphatic heterocycles. The lowest BCUT2D eigenvalue weighted by molar-refractivity contribution is -0.139. The van der Waals surface area contributed by atoms with E-state index in [1.807, 2.05) is 0 Å². The van der Waals surface area contributed by atoms with Crippen LogP contribution in [0, 0.1) is 0 Å².